The number of unbranched alkanes of at least 4 members (excludes halogenated alkanes) is 1. The van der Waals surface area contributed by atoms with E-state index in [9.17, 15) is 4.79 Å². The van der Waals surface area contributed by atoms with Crippen LogP contribution in [0.4, 0.5) is 0 Å². The van der Waals surface area contributed by atoms with Crippen molar-refractivity contribution in [3.63, 3.8) is 0 Å². The predicted octanol–water partition coefficient (Wildman–Crippen LogP) is 2.40. The molecule has 2 atom stereocenters. The number of carbonyl (C=O) groups excluding carboxylic acids is 1. The quantitative estimate of drug-likeness (QED) is 0.693. The van der Waals surface area contributed by atoms with Gasteiger partial charge in [0, 0.05) is 13.1 Å². The minimum absolute atomic E-state index is 0.122. The van der Waals surface area contributed by atoms with Crippen molar-refractivity contribution in [2.75, 3.05) is 13.1 Å². The van der Waals surface area contributed by atoms with Crippen LogP contribution in [-0.2, 0) is 4.79 Å². The van der Waals surface area contributed by atoms with Crippen molar-refractivity contribution >= 4 is 5.91 Å². The highest BCUT2D eigenvalue weighted by Crippen LogP contribution is 2.08. The summed E-state index contributed by atoms with van der Waals surface area (Å²) < 4.78 is 0. The van der Waals surface area contributed by atoms with Crippen LogP contribution >= 0.6 is 0 Å². The highest BCUT2D eigenvalue weighted by Gasteiger charge is 2.20. The van der Waals surface area contributed by atoms with Crippen LogP contribution in [0.3, 0.4) is 0 Å². The minimum atomic E-state index is -0.302. The number of nitrogens with two attached hydrogens (primary N) is 1. The first-order valence-corrected chi connectivity index (χ1v) is 6.61. The fourth-order valence-corrected chi connectivity index (χ4v) is 1.66. The Bertz CT molecular complexity index is 194. The van der Waals surface area contributed by atoms with Gasteiger partial charge in [0.25, 0.3) is 0 Å². The largest absolute Gasteiger partial charge is 0.341 e. The molecule has 0 saturated carbocycles. The third kappa shape index (κ3) is 5.50. The van der Waals surface area contributed by atoms with Crippen LogP contribution < -0.4 is 5.73 Å². The van der Waals surface area contributed by atoms with Gasteiger partial charge in [-0.1, -0.05) is 40.0 Å². The van der Waals surface area contributed by atoms with Gasteiger partial charge in [-0.3, -0.25) is 4.79 Å². The highest BCUT2D eigenvalue weighted by molar-refractivity contribution is 5.81. The van der Waals surface area contributed by atoms with Crippen LogP contribution in [0, 0.1) is 5.92 Å². The molecular formula is C13H28N2O. The van der Waals surface area contributed by atoms with E-state index in [1.807, 2.05) is 11.8 Å². The second-order valence-electron chi connectivity index (χ2n) is 4.64. The molecule has 3 heteroatoms. The molecule has 0 bridgehead atoms. The summed E-state index contributed by atoms with van der Waals surface area (Å²) in [6.45, 7) is 10.1. The topological polar surface area (TPSA) is 46.3 Å². The first-order valence-electron chi connectivity index (χ1n) is 6.61. The van der Waals surface area contributed by atoms with Gasteiger partial charge in [0.2, 0.25) is 5.91 Å². The van der Waals surface area contributed by atoms with Gasteiger partial charge in [-0.05, 0) is 19.3 Å². The minimum Gasteiger partial charge on any atom is -0.341 e. The zero-order chi connectivity index (χ0) is 12.6. The lowest BCUT2D eigenvalue weighted by Gasteiger charge is -2.26. The summed E-state index contributed by atoms with van der Waals surface area (Å²) in [6.07, 6.45) is 4.05. The Balaban J connectivity index is 4.18. The van der Waals surface area contributed by atoms with Gasteiger partial charge in [0.1, 0.15) is 0 Å². The summed E-state index contributed by atoms with van der Waals surface area (Å²) in [7, 11) is 0. The Morgan fingerprint density at radius 1 is 1.31 bits per heavy atom. The number of likely N-dealkylation sites (N-methyl/N-ethyl adjacent to an activating group) is 1. The molecular weight excluding hydrogens is 200 g/mol. The van der Waals surface area contributed by atoms with Gasteiger partial charge in [0.15, 0.2) is 0 Å². The number of hydrogen-bond donors (Lipinski definition) is 1. The summed E-state index contributed by atoms with van der Waals surface area (Å²) in [5.41, 5.74) is 5.91. The summed E-state index contributed by atoms with van der Waals surface area (Å²) in [6, 6.07) is -0.302. The lowest BCUT2D eigenvalue weighted by Crippen LogP contribution is -2.45. The van der Waals surface area contributed by atoms with E-state index < -0.39 is 0 Å². The Kier molecular flexibility index (Phi) is 8.26. The average Bonchev–Trinajstić information content (AvgIpc) is 2.31. The van der Waals surface area contributed by atoms with E-state index in [1.165, 1.54) is 0 Å². The molecule has 0 spiro atoms. The molecule has 0 fully saturated rings. The van der Waals surface area contributed by atoms with Crippen molar-refractivity contribution in [2.45, 2.75) is 59.4 Å². The Labute approximate surface area is 100 Å². The SMILES string of the molecule is CCCC[C@H](N)C(=O)N(CC)CC(C)CC. The van der Waals surface area contributed by atoms with Gasteiger partial charge in [0.05, 0.1) is 6.04 Å². The monoisotopic (exact) mass is 228 g/mol. The Hall–Kier alpha value is -0.570. The second kappa shape index (κ2) is 8.57. The molecule has 0 aliphatic rings. The maximum atomic E-state index is 12.0. The van der Waals surface area contributed by atoms with Gasteiger partial charge in [-0.15, -0.1) is 0 Å². The van der Waals surface area contributed by atoms with E-state index >= 15 is 0 Å². The molecule has 0 aliphatic heterocycles. The van der Waals surface area contributed by atoms with Crippen molar-refractivity contribution in [3.05, 3.63) is 0 Å². The summed E-state index contributed by atoms with van der Waals surface area (Å²) in [5, 5.41) is 0. The molecule has 0 aromatic rings. The molecule has 0 aromatic carbocycles. The van der Waals surface area contributed by atoms with Crippen molar-refractivity contribution in [1.29, 1.82) is 0 Å². The molecule has 2 N–H and O–H groups in total. The lowest BCUT2D eigenvalue weighted by atomic mass is 10.1. The third-order valence-electron chi connectivity index (χ3n) is 3.11. The predicted molar refractivity (Wildman–Crippen MR) is 69.2 cm³/mol. The molecule has 1 unspecified atom stereocenters. The molecule has 0 heterocycles. The van der Waals surface area contributed by atoms with E-state index in [-0.39, 0.29) is 11.9 Å². The maximum absolute atomic E-state index is 12.0. The standard InChI is InChI=1S/C13H28N2O/c1-5-8-9-12(14)13(16)15(7-3)10-11(4)6-2/h11-12H,5-10,14H2,1-4H3/t11?,12-/m0/s1. The van der Waals surface area contributed by atoms with E-state index in [0.29, 0.717) is 5.92 Å². The van der Waals surface area contributed by atoms with E-state index in [1.54, 1.807) is 0 Å². The summed E-state index contributed by atoms with van der Waals surface area (Å²) >= 11 is 0. The zero-order valence-electron chi connectivity index (χ0n) is 11.3. The zero-order valence-corrected chi connectivity index (χ0v) is 11.3. The summed E-state index contributed by atoms with van der Waals surface area (Å²) in [5.74, 6) is 0.679. The molecule has 0 rings (SSSR count). The maximum Gasteiger partial charge on any atom is 0.239 e. The van der Waals surface area contributed by atoms with Crippen LogP contribution in [0.5, 0.6) is 0 Å². The van der Waals surface area contributed by atoms with Crippen LogP contribution in [0.2, 0.25) is 0 Å². The fraction of sp³-hybridized carbons (Fsp3) is 0.923. The number of rotatable bonds is 8. The molecule has 3 nitrogen and oxygen atoms in total. The molecule has 0 radical (unpaired) electrons. The van der Waals surface area contributed by atoms with Crippen LogP contribution in [-0.4, -0.2) is 29.9 Å². The Morgan fingerprint density at radius 2 is 1.94 bits per heavy atom. The second-order valence-corrected chi connectivity index (χ2v) is 4.64. The van der Waals surface area contributed by atoms with E-state index in [4.69, 9.17) is 5.73 Å². The van der Waals surface area contributed by atoms with Crippen molar-refractivity contribution in [3.8, 4) is 0 Å². The molecule has 96 valence electrons. The molecule has 16 heavy (non-hydrogen) atoms. The smallest absolute Gasteiger partial charge is 0.239 e. The number of hydrogen-bond acceptors (Lipinski definition) is 2. The van der Waals surface area contributed by atoms with Gasteiger partial charge < -0.3 is 10.6 Å². The highest BCUT2D eigenvalue weighted by atomic mass is 16.2. The van der Waals surface area contributed by atoms with Gasteiger partial charge >= 0.3 is 0 Å². The number of amides is 1. The van der Waals surface area contributed by atoms with E-state index in [2.05, 4.69) is 20.8 Å². The Morgan fingerprint density at radius 3 is 2.38 bits per heavy atom. The van der Waals surface area contributed by atoms with E-state index in [0.717, 1.165) is 38.8 Å². The van der Waals surface area contributed by atoms with Gasteiger partial charge in [-0.25, -0.2) is 0 Å². The first kappa shape index (κ1) is 15.4. The van der Waals surface area contributed by atoms with Crippen molar-refractivity contribution in [2.24, 2.45) is 11.7 Å². The summed E-state index contributed by atoms with van der Waals surface area (Å²) in [4.78, 5) is 13.9. The average molecular weight is 228 g/mol. The lowest BCUT2D eigenvalue weighted by molar-refractivity contribution is -0.133. The molecule has 1 amide bonds. The van der Waals surface area contributed by atoms with Crippen LogP contribution in [0.15, 0.2) is 0 Å². The molecule has 0 aliphatic carbocycles. The normalized spacial score (nSPS) is 14.6. The third-order valence-corrected chi connectivity index (χ3v) is 3.11. The number of nitrogens with zero attached hydrogens (tertiary/aromatic N) is 1. The molecule has 0 aromatic heterocycles. The van der Waals surface area contributed by atoms with Gasteiger partial charge in [-0.2, -0.15) is 0 Å². The van der Waals surface area contributed by atoms with Crippen molar-refractivity contribution in [1.82, 2.24) is 4.90 Å². The number of carbonyl (C=O) groups is 1. The first-order chi connectivity index (χ1) is 7.56. The van der Waals surface area contributed by atoms with Crippen molar-refractivity contribution < 1.29 is 4.79 Å². The van der Waals surface area contributed by atoms with Crippen LogP contribution in [0.1, 0.15) is 53.4 Å². The van der Waals surface area contributed by atoms with Crippen LogP contribution in [0.25, 0.3) is 0 Å². The fourth-order valence-electron chi connectivity index (χ4n) is 1.66. The molecule has 0 saturated heterocycles.